The Morgan fingerprint density at radius 3 is 1.34 bits per heavy atom. The minimum atomic E-state index is -1.01. The van der Waals surface area contributed by atoms with Crippen LogP contribution in [-0.2, 0) is 32.4 Å². The van der Waals surface area contributed by atoms with E-state index in [2.05, 4.69) is 20.8 Å². The molecule has 0 atom stereocenters. The normalized spacial score (nSPS) is 11.1. The number of hydrogen-bond donors (Lipinski definition) is 0. The number of unbranched alkanes of at least 4 members (excludes halogenated alkanes) is 8. The van der Waals surface area contributed by atoms with Crippen molar-refractivity contribution in [2.24, 2.45) is 0 Å². The molecule has 0 amide bonds. The molecule has 0 saturated heterocycles. The summed E-state index contributed by atoms with van der Waals surface area (Å²) in [5.74, 6) is -1.24. The SMILES string of the molecule is CCCCCCCCCCCC(OOC(=O)c1ccc(CCC)cc1)OOC(=O)c1ccc(CCC)cc1. The molecule has 0 bridgehead atoms. The molecular formula is C32H46O6. The summed E-state index contributed by atoms with van der Waals surface area (Å²) in [5, 5.41) is 0. The molecule has 0 aliphatic rings. The maximum absolute atomic E-state index is 12.5. The van der Waals surface area contributed by atoms with Gasteiger partial charge in [0.15, 0.2) is 0 Å². The van der Waals surface area contributed by atoms with E-state index in [-0.39, 0.29) is 0 Å². The van der Waals surface area contributed by atoms with Gasteiger partial charge in [-0.1, -0.05) is 109 Å². The zero-order chi connectivity index (χ0) is 27.4. The van der Waals surface area contributed by atoms with Crippen LogP contribution in [0.15, 0.2) is 48.5 Å². The van der Waals surface area contributed by atoms with Crippen LogP contribution in [0.4, 0.5) is 0 Å². The predicted octanol–water partition coefficient (Wildman–Crippen LogP) is 8.72. The Balaban J connectivity index is 1.84. The summed E-state index contributed by atoms with van der Waals surface area (Å²) in [6, 6.07) is 14.5. The molecule has 0 radical (unpaired) electrons. The third-order valence-electron chi connectivity index (χ3n) is 6.46. The van der Waals surface area contributed by atoms with E-state index in [1.165, 1.54) is 38.5 Å². The summed E-state index contributed by atoms with van der Waals surface area (Å²) in [4.78, 5) is 45.6. The fraction of sp³-hybridized carbons (Fsp3) is 0.562. The summed E-state index contributed by atoms with van der Waals surface area (Å²) in [6.45, 7) is 6.44. The predicted molar refractivity (Wildman–Crippen MR) is 150 cm³/mol. The van der Waals surface area contributed by atoms with Crippen LogP contribution in [-0.4, -0.2) is 18.2 Å². The Morgan fingerprint density at radius 1 is 0.553 bits per heavy atom. The van der Waals surface area contributed by atoms with E-state index in [9.17, 15) is 9.59 Å². The molecule has 2 aromatic carbocycles. The number of hydrogen-bond acceptors (Lipinski definition) is 6. The van der Waals surface area contributed by atoms with Gasteiger partial charge in [-0.05, 0) is 54.7 Å². The second kappa shape index (κ2) is 19.4. The fourth-order valence-corrected chi connectivity index (χ4v) is 4.22. The summed E-state index contributed by atoms with van der Waals surface area (Å²) in [5.41, 5.74) is 3.09. The monoisotopic (exact) mass is 526 g/mol. The van der Waals surface area contributed by atoms with Crippen LogP contribution >= 0.6 is 0 Å². The molecule has 0 spiro atoms. The van der Waals surface area contributed by atoms with E-state index in [1.54, 1.807) is 24.3 Å². The highest BCUT2D eigenvalue weighted by Crippen LogP contribution is 2.16. The Labute approximate surface area is 228 Å². The molecule has 6 nitrogen and oxygen atoms in total. The lowest BCUT2D eigenvalue weighted by Gasteiger charge is -2.15. The van der Waals surface area contributed by atoms with Crippen molar-refractivity contribution in [2.75, 3.05) is 0 Å². The second-order valence-electron chi connectivity index (χ2n) is 9.87. The first-order valence-electron chi connectivity index (χ1n) is 14.5. The Bertz CT molecular complexity index is 841. The molecule has 210 valence electrons. The molecule has 0 aromatic heterocycles. The number of carbonyl (C=O) groups is 2. The van der Waals surface area contributed by atoms with Crippen LogP contribution in [0.3, 0.4) is 0 Å². The smallest absolute Gasteiger partial charge is 0.290 e. The molecule has 0 saturated carbocycles. The second-order valence-corrected chi connectivity index (χ2v) is 9.87. The first-order chi connectivity index (χ1) is 18.6. The van der Waals surface area contributed by atoms with E-state index in [1.807, 2.05) is 24.3 Å². The molecule has 0 N–H and O–H groups in total. The summed E-state index contributed by atoms with van der Waals surface area (Å²) in [6.07, 6.45) is 13.9. The topological polar surface area (TPSA) is 71.1 Å². The molecule has 6 heteroatoms. The molecular weight excluding hydrogens is 480 g/mol. The maximum atomic E-state index is 12.5. The highest BCUT2D eigenvalue weighted by atomic mass is 17.3. The van der Waals surface area contributed by atoms with E-state index < -0.39 is 18.2 Å². The average Bonchev–Trinajstić information content (AvgIpc) is 2.94. The zero-order valence-corrected chi connectivity index (χ0v) is 23.5. The van der Waals surface area contributed by atoms with Crippen molar-refractivity contribution < 1.29 is 29.1 Å². The first kappa shape index (κ1) is 31.5. The van der Waals surface area contributed by atoms with Crippen LogP contribution in [0.5, 0.6) is 0 Å². The van der Waals surface area contributed by atoms with Gasteiger partial charge in [-0.2, -0.15) is 0 Å². The standard InChI is InChI=1S/C32H46O6/c1-4-7-8-9-10-11-12-13-14-17-30(35-37-31(33)28-22-18-26(15-5-2)19-23-28)36-38-32(34)29-24-20-27(16-6-3)21-25-29/h18-25,30H,4-17H2,1-3H3. The first-order valence-corrected chi connectivity index (χ1v) is 14.5. The average molecular weight is 527 g/mol. The summed E-state index contributed by atoms with van der Waals surface area (Å²) in [7, 11) is 0. The van der Waals surface area contributed by atoms with Gasteiger partial charge < -0.3 is 0 Å². The number of carbonyl (C=O) groups excluding carboxylic acids is 2. The van der Waals surface area contributed by atoms with Crippen molar-refractivity contribution in [3.05, 3.63) is 70.8 Å². The van der Waals surface area contributed by atoms with Crippen LogP contribution in [0.25, 0.3) is 0 Å². The van der Waals surface area contributed by atoms with Gasteiger partial charge >= 0.3 is 11.9 Å². The quantitative estimate of drug-likeness (QED) is 0.0743. The lowest BCUT2D eigenvalue weighted by molar-refractivity contribution is -0.421. The van der Waals surface area contributed by atoms with Crippen LogP contribution < -0.4 is 0 Å². The van der Waals surface area contributed by atoms with E-state index >= 15 is 0 Å². The van der Waals surface area contributed by atoms with E-state index in [0.29, 0.717) is 17.5 Å². The van der Waals surface area contributed by atoms with Crippen molar-refractivity contribution in [2.45, 2.75) is 117 Å². The Kier molecular flexibility index (Phi) is 16.1. The van der Waals surface area contributed by atoms with Gasteiger partial charge in [0.2, 0.25) is 6.29 Å². The summed E-state index contributed by atoms with van der Waals surface area (Å²) >= 11 is 0. The minimum absolute atomic E-state index is 0.385. The number of rotatable bonds is 20. The van der Waals surface area contributed by atoms with Crippen molar-refractivity contribution in [3.8, 4) is 0 Å². The van der Waals surface area contributed by atoms with Gasteiger partial charge in [-0.3, -0.25) is 9.78 Å². The lowest BCUT2D eigenvalue weighted by Crippen LogP contribution is -2.22. The van der Waals surface area contributed by atoms with E-state index in [4.69, 9.17) is 19.6 Å². The van der Waals surface area contributed by atoms with Crippen molar-refractivity contribution in [1.82, 2.24) is 0 Å². The Morgan fingerprint density at radius 2 is 0.947 bits per heavy atom. The maximum Gasteiger partial charge on any atom is 0.373 e. The highest BCUT2D eigenvalue weighted by Gasteiger charge is 2.19. The van der Waals surface area contributed by atoms with Gasteiger partial charge in [0.05, 0.1) is 11.1 Å². The highest BCUT2D eigenvalue weighted by molar-refractivity contribution is 5.89. The van der Waals surface area contributed by atoms with Crippen molar-refractivity contribution in [1.29, 1.82) is 0 Å². The zero-order valence-electron chi connectivity index (χ0n) is 23.5. The molecule has 0 fully saturated rings. The lowest BCUT2D eigenvalue weighted by atomic mass is 10.1. The molecule has 0 unspecified atom stereocenters. The molecule has 38 heavy (non-hydrogen) atoms. The van der Waals surface area contributed by atoms with Crippen LogP contribution in [0, 0.1) is 0 Å². The van der Waals surface area contributed by atoms with Crippen LogP contribution in [0.1, 0.15) is 130 Å². The van der Waals surface area contributed by atoms with Crippen molar-refractivity contribution in [3.63, 3.8) is 0 Å². The van der Waals surface area contributed by atoms with Gasteiger partial charge in [-0.15, -0.1) is 9.78 Å². The van der Waals surface area contributed by atoms with Gasteiger partial charge in [-0.25, -0.2) is 9.59 Å². The van der Waals surface area contributed by atoms with Crippen molar-refractivity contribution >= 4 is 11.9 Å². The van der Waals surface area contributed by atoms with Crippen LogP contribution in [0.2, 0.25) is 0 Å². The van der Waals surface area contributed by atoms with Gasteiger partial charge in [0.25, 0.3) is 0 Å². The molecule has 0 aliphatic heterocycles. The van der Waals surface area contributed by atoms with E-state index in [0.717, 1.165) is 56.1 Å². The molecule has 0 aliphatic carbocycles. The third kappa shape index (κ3) is 12.7. The van der Waals surface area contributed by atoms with Gasteiger partial charge in [0, 0.05) is 6.42 Å². The third-order valence-corrected chi connectivity index (χ3v) is 6.46. The Hall–Kier alpha value is -2.70. The fourth-order valence-electron chi connectivity index (χ4n) is 4.22. The molecule has 0 heterocycles. The number of benzene rings is 2. The largest absolute Gasteiger partial charge is 0.373 e. The molecule has 2 aromatic rings. The summed E-state index contributed by atoms with van der Waals surface area (Å²) < 4.78 is 0. The molecule has 2 rings (SSSR count). The van der Waals surface area contributed by atoms with Gasteiger partial charge in [0.1, 0.15) is 0 Å². The minimum Gasteiger partial charge on any atom is -0.290 e. The number of aryl methyl sites for hydroxylation is 2.